The fourth-order valence-electron chi connectivity index (χ4n) is 2.63. The summed E-state index contributed by atoms with van der Waals surface area (Å²) in [5, 5.41) is 79.6. The molecule has 0 amide bonds. The normalized spacial score (nSPS) is 11.6. The zero-order chi connectivity index (χ0) is 20.3. The van der Waals surface area contributed by atoms with Crippen LogP contribution in [0.3, 0.4) is 0 Å². The molecule has 148 valence electrons. The van der Waals surface area contributed by atoms with Gasteiger partial charge in [0, 0.05) is 6.07 Å². The monoisotopic (exact) mass is 399 g/mol. The molecular weight excluding hydrogens is 388 g/mol. The number of rotatable bonds is 4. The van der Waals surface area contributed by atoms with Crippen LogP contribution in [0.4, 0.5) is 23.1 Å². The van der Waals surface area contributed by atoms with Crippen molar-refractivity contribution in [3.8, 4) is 0 Å². The van der Waals surface area contributed by atoms with Crippen LogP contribution >= 0.6 is 0 Å². The van der Waals surface area contributed by atoms with Gasteiger partial charge in [-0.2, -0.15) is 15.1 Å². The fraction of sp³-hybridized carbons (Fsp3) is 0. The lowest BCUT2D eigenvalue weighted by Crippen LogP contribution is -2.29. The molecule has 3 heterocycles. The number of nitrogens with zero attached hydrogens (tertiary/aromatic N) is 9. The van der Waals surface area contributed by atoms with Crippen molar-refractivity contribution in [2.45, 2.75) is 0 Å². The van der Waals surface area contributed by atoms with Crippen LogP contribution in [0.15, 0.2) is 12.1 Å². The molecule has 9 N–H and O–H groups in total. The molecule has 0 fully saturated rings. The van der Waals surface area contributed by atoms with Gasteiger partial charge in [0.25, 0.3) is 11.6 Å². The largest absolute Gasteiger partial charge is 0.281 e. The predicted molar refractivity (Wildman–Crippen MR) is 80.0 cm³/mol. The Morgan fingerprint density at radius 1 is 0.857 bits per heavy atom. The molecule has 0 saturated carbocycles. The van der Waals surface area contributed by atoms with E-state index in [1.807, 2.05) is 0 Å². The first-order valence-corrected chi connectivity index (χ1v) is 7.09. The Balaban J connectivity index is 2.15. The fourth-order valence-corrected chi connectivity index (χ4v) is 2.63. The molecule has 0 radical (unpaired) electrons. The highest BCUT2D eigenvalue weighted by molar-refractivity contribution is 5.90. The summed E-state index contributed by atoms with van der Waals surface area (Å²) in [6.07, 6.45) is 0. The number of H-pyrrole nitrogens is 1. The molecule has 0 saturated heterocycles. The number of nitrogens with one attached hydrogen (secondary N) is 1. The third kappa shape index (κ3) is 2.47. The molecule has 4 aromatic rings. The maximum atomic E-state index is 9.41. The SMILES string of the molecule is ON(O)c1cc(N(O)O)c2[nH]n3c4nc(N(O)O)nc(N(O)O)c4n[n+]3c2c1. The maximum Gasteiger partial charge on any atom is 0.281 e. The number of hydrogen-bond donors (Lipinski definition) is 9. The third-order valence-electron chi connectivity index (χ3n) is 3.75. The van der Waals surface area contributed by atoms with Gasteiger partial charge in [-0.05, 0) is 20.4 Å². The van der Waals surface area contributed by atoms with Gasteiger partial charge in [0.2, 0.25) is 22.4 Å². The molecule has 3 aromatic heterocycles. The van der Waals surface area contributed by atoms with Crippen molar-refractivity contribution < 1.29 is 46.3 Å². The van der Waals surface area contributed by atoms with E-state index >= 15 is 0 Å². The summed E-state index contributed by atoms with van der Waals surface area (Å²) < 4.78 is 2.09. The molecule has 0 aliphatic heterocycles. The van der Waals surface area contributed by atoms with Gasteiger partial charge in [0.15, 0.2) is 0 Å². The van der Waals surface area contributed by atoms with Crippen molar-refractivity contribution in [1.29, 1.82) is 0 Å². The predicted octanol–water partition coefficient (Wildman–Crippen LogP) is -1.32. The van der Waals surface area contributed by atoms with Crippen LogP contribution in [0.5, 0.6) is 0 Å². The first-order chi connectivity index (χ1) is 13.2. The molecule has 0 aliphatic rings. The average molecular weight is 399 g/mol. The molecule has 0 aliphatic carbocycles. The van der Waals surface area contributed by atoms with Crippen molar-refractivity contribution in [2.75, 3.05) is 20.9 Å². The Labute approximate surface area is 150 Å². The van der Waals surface area contributed by atoms with Gasteiger partial charge in [0.1, 0.15) is 11.4 Å². The van der Waals surface area contributed by atoms with Gasteiger partial charge in [-0.1, -0.05) is 5.23 Å². The van der Waals surface area contributed by atoms with E-state index in [4.69, 9.17) is 10.4 Å². The van der Waals surface area contributed by atoms with Crippen LogP contribution in [0, 0.1) is 0 Å². The number of fused-ring (bicyclic) bond motifs is 5. The second-order valence-corrected chi connectivity index (χ2v) is 5.35. The van der Waals surface area contributed by atoms with Crippen molar-refractivity contribution >= 4 is 45.3 Å². The number of aromatic nitrogens is 6. The Morgan fingerprint density at radius 3 is 2.14 bits per heavy atom. The van der Waals surface area contributed by atoms with Crippen LogP contribution in [0.1, 0.15) is 0 Å². The minimum absolute atomic E-state index is 0.0291. The lowest BCUT2D eigenvalue weighted by molar-refractivity contribution is -0.649. The summed E-state index contributed by atoms with van der Waals surface area (Å²) in [4.78, 5) is 7.31. The zero-order valence-corrected chi connectivity index (χ0v) is 13.3. The van der Waals surface area contributed by atoms with E-state index in [1.54, 1.807) is 0 Å². The summed E-state index contributed by atoms with van der Waals surface area (Å²) in [6, 6.07) is 2.18. The van der Waals surface area contributed by atoms with E-state index in [9.17, 15) is 31.2 Å². The minimum atomic E-state index is -0.750. The summed E-state index contributed by atoms with van der Waals surface area (Å²) in [6.45, 7) is 0. The average Bonchev–Trinajstić information content (AvgIpc) is 3.15. The van der Waals surface area contributed by atoms with Gasteiger partial charge in [-0.25, -0.2) is 0 Å². The number of benzene rings is 1. The smallest absolute Gasteiger partial charge is 0.264 e. The van der Waals surface area contributed by atoms with Gasteiger partial charge in [-0.3, -0.25) is 41.7 Å². The molecule has 28 heavy (non-hydrogen) atoms. The van der Waals surface area contributed by atoms with E-state index in [0.29, 0.717) is 0 Å². The van der Waals surface area contributed by atoms with Crippen LogP contribution in [0.2, 0.25) is 0 Å². The summed E-state index contributed by atoms with van der Waals surface area (Å²) >= 11 is 0. The summed E-state index contributed by atoms with van der Waals surface area (Å²) in [5.41, 5.74) is -0.954. The van der Waals surface area contributed by atoms with Gasteiger partial charge in [-0.15, -0.1) is 15.7 Å². The molecule has 4 rings (SSSR count). The van der Waals surface area contributed by atoms with Crippen molar-refractivity contribution in [1.82, 2.24) is 24.8 Å². The molecular formula is C10H11N10O8+. The Bertz CT molecular complexity index is 1110. The standard InChI is InChI=1S/C10H11N10O8/c21-17(22)3-1-4-6(5(2-3)18(23)24)13-16-8-7(14-15(4)16)9(19(25)26)12-10(11-8)20(27)28/h1-2,13,21-28H/q+1. The number of anilines is 4. The van der Waals surface area contributed by atoms with E-state index in [0.717, 1.165) is 15.3 Å². The van der Waals surface area contributed by atoms with Crippen LogP contribution in [-0.2, 0) is 0 Å². The van der Waals surface area contributed by atoms with Crippen LogP contribution in [0.25, 0.3) is 22.2 Å². The van der Waals surface area contributed by atoms with Crippen molar-refractivity contribution in [2.24, 2.45) is 0 Å². The molecule has 18 nitrogen and oxygen atoms in total. The number of aromatic amines is 1. The van der Waals surface area contributed by atoms with E-state index in [1.165, 1.54) is 6.07 Å². The van der Waals surface area contributed by atoms with E-state index < -0.39 is 22.2 Å². The Morgan fingerprint density at radius 2 is 1.57 bits per heavy atom. The topological polar surface area (TPSA) is 238 Å². The maximum absolute atomic E-state index is 9.41. The highest BCUT2D eigenvalue weighted by Crippen LogP contribution is 2.29. The Hall–Kier alpha value is -3.62. The molecule has 0 bridgehead atoms. The lowest BCUT2D eigenvalue weighted by Gasteiger charge is -2.11. The van der Waals surface area contributed by atoms with Crippen LogP contribution < -0.4 is 25.5 Å². The second kappa shape index (κ2) is 5.95. The second-order valence-electron chi connectivity index (χ2n) is 5.35. The summed E-state index contributed by atoms with van der Waals surface area (Å²) in [7, 11) is 0. The first kappa shape index (κ1) is 17.8. The van der Waals surface area contributed by atoms with Crippen molar-refractivity contribution in [3.63, 3.8) is 0 Å². The molecule has 0 atom stereocenters. The number of hydrogen-bond acceptors (Lipinski definition) is 15. The van der Waals surface area contributed by atoms with E-state index in [-0.39, 0.29) is 44.0 Å². The molecule has 1 aromatic carbocycles. The lowest BCUT2D eigenvalue weighted by atomic mass is 10.2. The van der Waals surface area contributed by atoms with Gasteiger partial charge in [0.05, 0.1) is 0 Å². The third-order valence-corrected chi connectivity index (χ3v) is 3.75. The quantitative estimate of drug-likeness (QED) is 0.143. The van der Waals surface area contributed by atoms with Gasteiger partial charge >= 0.3 is 0 Å². The highest BCUT2D eigenvalue weighted by Gasteiger charge is 2.29. The zero-order valence-electron chi connectivity index (χ0n) is 13.3. The Kier molecular flexibility index (Phi) is 3.77. The molecule has 18 heteroatoms. The van der Waals surface area contributed by atoms with Gasteiger partial charge < -0.3 is 0 Å². The van der Waals surface area contributed by atoms with Crippen molar-refractivity contribution in [3.05, 3.63) is 12.1 Å². The molecule has 0 unspecified atom stereocenters. The first-order valence-electron chi connectivity index (χ1n) is 7.09. The van der Waals surface area contributed by atoms with Crippen LogP contribution in [-0.4, -0.2) is 66.5 Å². The minimum Gasteiger partial charge on any atom is -0.264 e. The summed E-state index contributed by atoms with van der Waals surface area (Å²) in [5.74, 6) is -1.38. The van der Waals surface area contributed by atoms with E-state index in [2.05, 4.69) is 20.2 Å². The highest BCUT2D eigenvalue weighted by atomic mass is 16.8. The molecule has 0 spiro atoms.